The summed E-state index contributed by atoms with van der Waals surface area (Å²) in [4.78, 5) is 19.3. The third-order valence-electron chi connectivity index (χ3n) is 9.56. The van der Waals surface area contributed by atoms with E-state index in [0.29, 0.717) is 11.6 Å². The van der Waals surface area contributed by atoms with Gasteiger partial charge in [0.25, 0.3) is 0 Å². The van der Waals surface area contributed by atoms with Crippen molar-refractivity contribution in [3.05, 3.63) is 101 Å². The number of rotatable bonds is 5. The van der Waals surface area contributed by atoms with Crippen LogP contribution >= 0.6 is 0 Å². The fourth-order valence-electron chi connectivity index (χ4n) is 7.21. The Hall–Kier alpha value is -3.97. The number of aryl methyl sites for hydroxylation is 3. The van der Waals surface area contributed by atoms with Crippen LogP contribution in [0.25, 0.3) is 55.7 Å². The molecule has 0 aliphatic heterocycles. The van der Waals surface area contributed by atoms with Gasteiger partial charge in [-0.25, -0.2) is 4.98 Å². The van der Waals surface area contributed by atoms with Gasteiger partial charge in [0.2, 0.25) is 5.71 Å². The molecule has 0 amide bonds. The van der Waals surface area contributed by atoms with Gasteiger partial charge < -0.3 is 14.0 Å². The summed E-state index contributed by atoms with van der Waals surface area (Å²) in [6.45, 7) is 31.1. The van der Waals surface area contributed by atoms with Crippen molar-refractivity contribution in [2.24, 2.45) is 5.41 Å². The molecule has 0 aliphatic rings. The second-order valence-electron chi connectivity index (χ2n) is 18.0. The molecule has 0 aliphatic carbocycles. The van der Waals surface area contributed by atoms with Crippen LogP contribution in [0.2, 0.25) is 19.6 Å². The minimum atomic E-state index is -1.37. The quantitative estimate of drug-likeness (QED) is 0.127. The molecule has 5 heterocycles. The number of furan rings is 1. The van der Waals surface area contributed by atoms with E-state index in [1.807, 2.05) is 31.2 Å². The SMILES string of the molecule is CC(C)(C)Cc1cc(-c2[c-]cccc2)ncc1[Si](C)(C)C.Cc1cc2nc(-c3[c-]cc(C)c4c3oc3nc(C(C)C)ccc34)n(C(C)(C)C)c2c(C)n1.[Ir]. The first-order valence-corrected chi connectivity index (χ1v) is 22.3. The maximum atomic E-state index is 6.42. The summed E-state index contributed by atoms with van der Waals surface area (Å²) in [5, 5.41) is 3.59. The van der Waals surface area contributed by atoms with Crippen LogP contribution in [0.5, 0.6) is 0 Å². The molecule has 0 saturated heterocycles. The van der Waals surface area contributed by atoms with E-state index in [-0.39, 0.29) is 31.1 Å². The van der Waals surface area contributed by atoms with Crippen molar-refractivity contribution in [1.82, 2.24) is 24.5 Å². The molecule has 5 aromatic heterocycles. The van der Waals surface area contributed by atoms with Gasteiger partial charge in [0.15, 0.2) is 0 Å². The van der Waals surface area contributed by atoms with Crippen LogP contribution in [0, 0.1) is 38.3 Å². The van der Waals surface area contributed by atoms with Gasteiger partial charge in [-0.05, 0) is 81.5 Å². The Labute approximate surface area is 336 Å². The molecule has 6 nitrogen and oxygen atoms in total. The van der Waals surface area contributed by atoms with Crippen molar-refractivity contribution in [1.29, 1.82) is 0 Å². The molecule has 7 rings (SSSR count). The Balaban J connectivity index is 0.000000223. The molecule has 0 bridgehead atoms. The molecule has 285 valence electrons. The van der Waals surface area contributed by atoms with E-state index in [2.05, 4.69) is 142 Å². The first-order valence-electron chi connectivity index (χ1n) is 18.8. The van der Waals surface area contributed by atoms with Crippen LogP contribution in [0.3, 0.4) is 0 Å². The Kier molecular flexibility index (Phi) is 11.7. The van der Waals surface area contributed by atoms with Gasteiger partial charge in [-0.2, -0.15) is 0 Å². The van der Waals surface area contributed by atoms with Gasteiger partial charge in [-0.1, -0.05) is 83.8 Å². The first-order chi connectivity index (χ1) is 24.7. The number of benzene rings is 2. The number of hydrogen-bond acceptors (Lipinski definition) is 5. The van der Waals surface area contributed by atoms with Crippen LogP contribution < -0.4 is 5.19 Å². The molecule has 0 spiro atoms. The number of hydrogen-bond donors (Lipinski definition) is 0. The second kappa shape index (κ2) is 15.3. The molecule has 2 aromatic carbocycles. The molecule has 8 heteroatoms. The predicted molar refractivity (Wildman–Crippen MR) is 225 cm³/mol. The first kappa shape index (κ1) is 41.2. The molecule has 0 saturated carbocycles. The summed E-state index contributed by atoms with van der Waals surface area (Å²) in [5.41, 5.74) is 12.1. The molecular formula is C46H55IrN5OSi-2. The minimum absolute atomic E-state index is 0. The van der Waals surface area contributed by atoms with Gasteiger partial charge >= 0.3 is 0 Å². The number of imidazole rings is 1. The van der Waals surface area contributed by atoms with Crippen LogP contribution in [-0.2, 0) is 32.1 Å². The zero-order chi connectivity index (χ0) is 38.6. The summed E-state index contributed by atoms with van der Waals surface area (Å²) in [5.74, 6) is 1.18. The third-order valence-corrected chi connectivity index (χ3v) is 11.6. The van der Waals surface area contributed by atoms with Crippen molar-refractivity contribution in [3.8, 4) is 22.6 Å². The van der Waals surface area contributed by atoms with Crippen LogP contribution in [0.4, 0.5) is 0 Å². The number of nitrogens with zero attached hydrogens (tertiary/aromatic N) is 5. The van der Waals surface area contributed by atoms with Crippen molar-refractivity contribution in [3.63, 3.8) is 0 Å². The molecule has 54 heavy (non-hydrogen) atoms. The summed E-state index contributed by atoms with van der Waals surface area (Å²) in [6, 6.07) is 25.4. The Morgan fingerprint density at radius 3 is 2.22 bits per heavy atom. The summed E-state index contributed by atoms with van der Waals surface area (Å²) in [6.07, 6.45) is 3.21. The summed E-state index contributed by atoms with van der Waals surface area (Å²) in [7, 11) is -1.37. The van der Waals surface area contributed by atoms with Crippen LogP contribution in [0.15, 0.2) is 65.2 Å². The zero-order valence-corrected chi connectivity index (χ0v) is 37.9. The van der Waals surface area contributed by atoms with Crippen LogP contribution in [0.1, 0.15) is 89.5 Å². The number of fused-ring (bicyclic) bond motifs is 4. The average Bonchev–Trinajstić information content (AvgIpc) is 3.64. The molecule has 0 fully saturated rings. The predicted octanol–water partition coefficient (Wildman–Crippen LogP) is 11.7. The maximum Gasteiger partial charge on any atom is 0.216 e. The smallest absolute Gasteiger partial charge is 0.216 e. The molecule has 0 N–H and O–H groups in total. The van der Waals surface area contributed by atoms with Gasteiger partial charge in [0, 0.05) is 48.6 Å². The Morgan fingerprint density at radius 2 is 1.61 bits per heavy atom. The Bertz CT molecular complexity index is 2440. The molecular weight excluding hydrogens is 859 g/mol. The van der Waals surface area contributed by atoms with Crippen molar-refractivity contribution in [2.45, 2.75) is 114 Å². The van der Waals surface area contributed by atoms with Crippen molar-refractivity contribution in [2.75, 3.05) is 0 Å². The van der Waals surface area contributed by atoms with E-state index in [1.165, 1.54) is 10.8 Å². The maximum absolute atomic E-state index is 6.42. The van der Waals surface area contributed by atoms with E-state index < -0.39 is 8.07 Å². The van der Waals surface area contributed by atoms with Crippen molar-refractivity contribution >= 4 is 46.4 Å². The van der Waals surface area contributed by atoms with Gasteiger partial charge in [0.1, 0.15) is 0 Å². The normalized spacial score (nSPS) is 12.4. The number of aromatic nitrogens is 5. The van der Waals surface area contributed by atoms with E-state index >= 15 is 0 Å². The zero-order valence-electron chi connectivity index (χ0n) is 34.5. The largest absolute Gasteiger partial charge is 0.486 e. The molecule has 0 atom stereocenters. The van der Waals surface area contributed by atoms with Gasteiger partial charge in [-0.15, -0.1) is 53.6 Å². The average molecular weight is 914 g/mol. The van der Waals surface area contributed by atoms with Gasteiger partial charge in [0.05, 0.1) is 36.2 Å². The second-order valence-corrected chi connectivity index (χ2v) is 23.1. The minimum Gasteiger partial charge on any atom is -0.486 e. The molecule has 7 aromatic rings. The Morgan fingerprint density at radius 1 is 0.889 bits per heavy atom. The molecule has 0 unspecified atom stereocenters. The van der Waals surface area contributed by atoms with E-state index in [9.17, 15) is 0 Å². The van der Waals surface area contributed by atoms with E-state index in [4.69, 9.17) is 24.4 Å². The number of pyridine rings is 3. The summed E-state index contributed by atoms with van der Waals surface area (Å²) >= 11 is 0. The topological polar surface area (TPSA) is 69.6 Å². The standard InChI is InChI=1S/C27H29N4O.C19H26NSi.Ir/c1-14(2)20-12-11-18-22-15(3)9-10-19(24(22)32-26(18)30-20)25-29-21-13-16(4)28-17(5)23(21)31(25)27(6,7)8;1-19(2,3)13-16-12-17(15-10-8-7-9-11-15)20-14-18(16)21(4,5)6;/h9,11-14H,1-8H3;7-10,12,14H,13H2,1-6H3;/q2*-1;. The van der Waals surface area contributed by atoms with E-state index in [1.54, 1.807) is 0 Å². The summed E-state index contributed by atoms with van der Waals surface area (Å²) < 4.78 is 8.68. The van der Waals surface area contributed by atoms with E-state index in [0.717, 1.165) is 79.1 Å². The fraction of sp³-hybridized carbons (Fsp3) is 0.391. The van der Waals surface area contributed by atoms with Crippen molar-refractivity contribution < 1.29 is 24.5 Å². The fourth-order valence-corrected chi connectivity index (χ4v) is 8.79. The van der Waals surface area contributed by atoms with Crippen LogP contribution in [-0.4, -0.2) is 32.6 Å². The molecule has 1 radical (unpaired) electrons. The monoisotopic (exact) mass is 914 g/mol. The van der Waals surface area contributed by atoms with Gasteiger partial charge in [-0.3, -0.25) is 9.97 Å². The third kappa shape index (κ3) is 8.46.